The van der Waals surface area contributed by atoms with Gasteiger partial charge in [-0.3, -0.25) is 4.79 Å². The van der Waals surface area contributed by atoms with Crippen LogP contribution in [0.1, 0.15) is 38.8 Å². The van der Waals surface area contributed by atoms with E-state index in [-0.39, 0.29) is 18.5 Å². The molecule has 1 aliphatic rings. The quantitative estimate of drug-likeness (QED) is 0.708. The van der Waals surface area contributed by atoms with Crippen molar-refractivity contribution < 1.29 is 27.8 Å². The van der Waals surface area contributed by atoms with E-state index in [0.717, 1.165) is 6.20 Å². The molecule has 9 nitrogen and oxygen atoms in total. The van der Waals surface area contributed by atoms with Crippen LogP contribution in [0.3, 0.4) is 0 Å². The van der Waals surface area contributed by atoms with Gasteiger partial charge in [-0.05, 0) is 19.8 Å². The number of rotatable bonds is 4. The number of alkyl halides is 3. The molecule has 0 radical (unpaired) electrons. The first-order valence-electron chi connectivity index (χ1n) is 10.4. The zero-order valence-corrected chi connectivity index (χ0v) is 18.7. The number of carbonyl (C=O) groups is 1. The molecule has 1 atom stereocenters. The van der Waals surface area contributed by atoms with Crippen molar-refractivity contribution in [2.75, 3.05) is 24.5 Å². The van der Waals surface area contributed by atoms with E-state index in [1.807, 2.05) is 23.7 Å². The maximum absolute atomic E-state index is 13.0. The van der Waals surface area contributed by atoms with Gasteiger partial charge in [0.25, 0.3) is 5.56 Å². The minimum atomic E-state index is -4.87. The van der Waals surface area contributed by atoms with Gasteiger partial charge in [0, 0.05) is 49.9 Å². The first kappa shape index (κ1) is 24.5. The summed E-state index contributed by atoms with van der Waals surface area (Å²) in [7, 11) is 0. The van der Waals surface area contributed by atoms with E-state index in [9.17, 15) is 27.9 Å². The number of halogens is 3. The molecule has 2 aromatic heterocycles. The smallest absolute Gasteiger partial charge is 0.409 e. The molecular formula is C21H26F3N5O4. The van der Waals surface area contributed by atoms with Crippen molar-refractivity contribution in [3.8, 4) is 5.75 Å². The average molecular weight is 469 g/mol. The fourth-order valence-electron chi connectivity index (χ4n) is 3.48. The van der Waals surface area contributed by atoms with Gasteiger partial charge in [-0.2, -0.15) is 13.2 Å². The zero-order chi connectivity index (χ0) is 24.6. The molecule has 0 spiro atoms. The molecule has 33 heavy (non-hydrogen) atoms. The van der Waals surface area contributed by atoms with Gasteiger partial charge >= 0.3 is 12.3 Å². The number of amides is 1. The lowest BCUT2D eigenvalue weighted by Gasteiger charge is -2.42. The van der Waals surface area contributed by atoms with Crippen LogP contribution in [0.4, 0.5) is 23.9 Å². The van der Waals surface area contributed by atoms with E-state index in [1.165, 1.54) is 4.90 Å². The number of hydrogen-bond acceptors (Lipinski definition) is 7. The van der Waals surface area contributed by atoms with Gasteiger partial charge in [0.05, 0.1) is 11.6 Å². The van der Waals surface area contributed by atoms with Crippen molar-refractivity contribution in [3.05, 3.63) is 46.1 Å². The van der Waals surface area contributed by atoms with Gasteiger partial charge in [0.15, 0.2) is 0 Å². The second kappa shape index (κ2) is 9.00. The highest BCUT2D eigenvalue weighted by Gasteiger charge is 2.37. The summed E-state index contributed by atoms with van der Waals surface area (Å²) in [4.78, 5) is 38.1. The van der Waals surface area contributed by atoms with Crippen LogP contribution in [-0.4, -0.2) is 56.7 Å². The molecule has 1 fully saturated rings. The maximum atomic E-state index is 13.0. The van der Waals surface area contributed by atoms with Gasteiger partial charge in [0.1, 0.15) is 11.3 Å². The molecule has 1 amide bonds. The number of aromatic nitrogens is 3. The first-order chi connectivity index (χ1) is 15.3. The van der Waals surface area contributed by atoms with Crippen LogP contribution in [0.2, 0.25) is 0 Å². The Balaban J connectivity index is 1.75. The Hall–Kier alpha value is -3.15. The van der Waals surface area contributed by atoms with Gasteiger partial charge in [-0.25, -0.2) is 14.8 Å². The second-order valence-electron chi connectivity index (χ2n) is 8.73. The van der Waals surface area contributed by atoms with Crippen LogP contribution in [-0.2, 0) is 11.8 Å². The molecule has 1 saturated heterocycles. The molecule has 3 rings (SSSR count). The average Bonchev–Trinajstić information content (AvgIpc) is 2.73. The molecule has 1 unspecified atom stereocenters. The summed E-state index contributed by atoms with van der Waals surface area (Å²) in [5, 5.41) is 10.1. The third kappa shape index (κ3) is 5.62. The van der Waals surface area contributed by atoms with E-state index >= 15 is 0 Å². The minimum absolute atomic E-state index is 0.00249. The number of anilines is 1. The fourth-order valence-corrected chi connectivity index (χ4v) is 3.48. The summed E-state index contributed by atoms with van der Waals surface area (Å²) in [6, 6.07) is 0.184. The molecule has 3 heterocycles. The SMILES string of the molecule is CC(C)C1CN(c2ncc(C(C)(C)O)cn2)CCN1C(=O)Oc1c[nH]c(=O)c(C(F)(F)F)c1. The number of pyridine rings is 1. The summed E-state index contributed by atoms with van der Waals surface area (Å²) in [6.07, 6.45) is -1.67. The Labute approximate surface area is 188 Å². The van der Waals surface area contributed by atoms with Crippen LogP contribution >= 0.6 is 0 Å². The highest BCUT2D eigenvalue weighted by atomic mass is 19.4. The molecule has 2 N–H and O–H groups in total. The van der Waals surface area contributed by atoms with Gasteiger partial charge in [-0.1, -0.05) is 13.8 Å². The van der Waals surface area contributed by atoms with Crippen LogP contribution in [0.25, 0.3) is 0 Å². The molecule has 0 aromatic carbocycles. The molecule has 0 saturated carbocycles. The summed E-state index contributed by atoms with van der Waals surface area (Å²) in [5.74, 6) is 0.0387. The molecule has 180 valence electrons. The van der Waals surface area contributed by atoms with Crippen molar-refractivity contribution in [1.82, 2.24) is 19.9 Å². The number of carbonyl (C=O) groups excluding carboxylic acids is 1. The number of aromatic amines is 1. The van der Waals surface area contributed by atoms with E-state index in [2.05, 4.69) is 9.97 Å². The summed E-state index contributed by atoms with van der Waals surface area (Å²) in [5.41, 5.74) is -3.26. The fraction of sp³-hybridized carbons (Fsp3) is 0.524. The lowest BCUT2D eigenvalue weighted by atomic mass is 10.00. The summed E-state index contributed by atoms with van der Waals surface area (Å²) < 4.78 is 44.1. The number of ether oxygens (including phenoxy) is 1. The van der Waals surface area contributed by atoms with Crippen molar-refractivity contribution in [3.63, 3.8) is 0 Å². The van der Waals surface area contributed by atoms with E-state index in [1.54, 1.807) is 26.2 Å². The van der Waals surface area contributed by atoms with Gasteiger partial charge in [-0.15, -0.1) is 0 Å². The lowest BCUT2D eigenvalue weighted by molar-refractivity contribution is -0.138. The van der Waals surface area contributed by atoms with Gasteiger partial charge < -0.3 is 24.6 Å². The zero-order valence-electron chi connectivity index (χ0n) is 18.7. The first-order valence-corrected chi connectivity index (χ1v) is 10.4. The monoisotopic (exact) mass is 469 g/mol. The summed E-state index contributed by atoms with van der Waals surface area (Å²) in [6.45, 7) is 8.07. The minimum Gasteiger partial charge on any atom is -0.409 e. The molecule has 12 heteroatoms. The number of nitrogens with one attached hydrogen (secondary N) is 1. The number of piperazine rings is 1. The Bertz CT molecular complexity index is 1050. The normalized spacial score (nSPS) is 17.4. The van der Waals surface area contributed by atoms with Gasteiger partial charge in [0.2, 0.25) is 5.95 Å². The van der Waals surface area contributed by atoms with Crippen molar-refractivity contribution in [2.24, 2.45) is 5.92 Å². The third-order valence-electron chi connectivity index (χ3n) is 5.44. The molecule has 0 bridgehead atoms. The highest BCUT2D eigenvalue weighted by molar-refractivity contribution is 5.71. The topological polar surface area (TPSA) is 112 Å². The molecule has 0 aliphatic carbocycles. The van der Waals surface area contributed by atoms with Crippen LogP contribution in [0.15, 0.2) is 29.5 Å². The lowest BCUT2D eigenvalue weighted by Crippen LogP contribution is -2.58. The predicted molar refractivity (Wildman–Crippen MR) is 113 cm³/mol. The van der Waals surface area contributed by atoms with Crippen molar-refractivity contribution in [2.45, 2.75) is 45.5 Å². The molecule has 2 aromatic rings. The Morgan fingerprint density at radius 1 is 1.24 bits per heavy atom. The number of aliphatic hydroxyl groups is 1. The van der Waals surface area contributed by atoms with E-state index < -0.39 is 34.7 Å². The number of nitrogens with zero attached hydrogens (tertiary/aromatic N) is 4. The van der Waals surface area contributed by atoms with Crippen LogP contribution in [0.5, 0.6) is 5.75 Å². The summed E-state index contributed by atoms with van der Waals surface area (Å²) >= 11 is 0. The third-order valence-corrected chi connectivity index (χ3v) is 5.44. The predicted octanol–water partition coefficient (Wildman–Crippen LogP) is 2.76. The maximum Gasteiger partial charge on any atom is 0.421 e. The van der Waals surface area contributed by atoms with Crippen LogP contribution in [0, 0.1) is 5.92 Å². The molecular weight excluding hydrogens is 443 g/mol. The molecule has 1 aliphatic heterocycles. The number of H-pyrrole nitrogens is 1. The van der Waals surface area contributed by atoms with Crippen LogP contribution < -0.4 is 15.2 Å². The highest BCUT2D eigenvalue weighted by Crippen LogP contribution is 2.29. The van der Waals surface area contributed by atoms with E-state index in [4.69, 9.17) is 4.74 Å². The Kier molecular flexibility index (Phi) is 6.68. The number of hydrogen-bond donors (Lipinski definition) is 2. The van der Waals surface area contributed by atoms with Crippen molar-refractivity contribution in [1.29, 1.82) is 0 Å². The Morgan fingerprint density at radius 2 is 1.88 bits per heavy atom. The largest absolute Gasteiger partial charge is 0.421 e. The standard InChI is InChI=1S/C21H26F3N5O4/c1-12(2)16-11-28(18-26-8-13(9-27-18)20(3,4)32)5-6-29(16)19(31)33-14-7-15(21(22,23)24)17(30)25-10-14/h7-10,12,16,32H,5-6,11H2,1-4H3,(H,25,30). The Morgan fingerprint density at radius 3 is 2.42 bits per heavy atom. The van der Waals surface area contributed by atoms with Crippen molar-refractivity contribution >= 4 is 12.0 Å². The van der Waals surface area contributed by atoms with E-state index in [0.29, 0.717) is 30.7 Å². The second-order valence-corrected chi connectivity index (χ2v) is 8.73.